The van der Waals surface area contributed by atoms with Crippen LogP contribution in [0.15, 0.2) is 0 Å². The van der Waals surface area contributed by atoms with Crippen molar-refractivity contribution in [3.63, 3.8) is 0 Å². The first kappa shape index (κ1) is 12.0. The van der Waals surface area contributed by atoms with Gasteiger partial charge in [-0.05, 0) is 34.9 Å². The molecule has 3 heteroatoms. The first-order valence-electron chi connectivity index (χ1n) is 5.55. The van der Waals surface area contributed by atoms with Crippen molar-refractivity contribution in [2.45, 2.75) is 32.4 Å². The maximum absolute atomic E-state index is 3.53. The Labute approximate surface area is 88.5 Å². The number of hydrogen-bond acceptors (Lipinski definition) is 3. The molecule has 0 radical (unpaired) electrons. The summed E-state index contributed by atoms with van der Waals surface area (Å²) in [6.07, 6.45) is 0. The van der Waals surface area contributed by atoms with Gasteiger partial charge in [-0.3, -0.25) is 4.90 Å². The smallest absolute Gasteiger partial charge is 0.0278 e. The van der Waals surface area contributed by atoms with Crippen LogP contribution in [0.3, 0.4) is 0 Å². The first-order chi connectivity index (χ1) is 6.42. The highest BCUT2D eigenvalue weighted by atomic mass is 15.3. The number of nitrogens with zero attached hydrogens (tertiary/aromatic N) is 2. The maximum Gasteiger partial charge on any atom is 0.0278 e. The second kappa shape index (κ2) is 4.60. The van der Waals surface area contributed by atoms with Crippen molar-refractivity contribution in [3.05, 3.63) is 0 Å². The molecule has 1 N–H and O–H groups in total. The molecule has 0 amide bonds. The summed E-state index contributed by atoms with van der Waals surface area (Å²) in [5.41, 5.74) is 0.308. The first-order valence-corrected chi connectivity index (χ1v) is 5.55. The van der Waals surface area contributed by atoms with Gasteiger partial charge in [-0.25, -0.2) is 0 Å². The van der Waals surface area contributed by atoms with E-state index in [1.807, 2.05) is 0 Å². The van der Waals surface area contributed by atoms with Gasteiger partial charge >= 0.3 is 0 Å². The fourth-order valence-electron chi connectivity index (χ4n) is 1.89. The van der Waals surface area contributed by atoms with Gasteiger partial charge in [0.25, 0.3) is 0 Å². The minimum Gasteiger partial charge on any atom is -0.311 e. The van der Waals surface area contributed by atoms with Gasteiger partial charge in [0.05, 0.1) is 0 Å². The Hall–Kier alpha value is -0.120. The van der Waals surface area contributed by atoms with E-state index in [-0.39, 0.29) is 0 Å². The number of nitrogens with one attached hydrogen (secondary N) is 1. The molecule has 3 nitrogen and oxygen atoms in total. The van der Waals surface area contributed by atoms with Crippen molar-refractivity contribution in [1.82, 2.24) is 15.1 Å². The second-order valence-corrected chi connectivity index (χ2v) is 5.34. The average Bonchev–Trinajstić information content (AvgIpc) is 2.07. The van der Waals surface area contributed by atoms with Gasteiger partial charge in [0.2, 0.25) is 0 Å². The summed E-state index contributed by atoms with van der Waals surface area (Å²) in [5.74, 6) is 0. The standard InChI is InChI=1S/C11H25N3/c1-10-8-14(7-6-13(4)5)11(2,3)9-12-10/h10,12H,6-9H2,1-5H3. The molecular weight excluding hydrogens is 174 g/mol. The lowest BCUT2D eigenvalue weighted by Gasteiger charge is -2.45. The zero-order valence-corrected chi connectivity index (χ0v) is 10.3. The minimum absolute atomic E-state index is 0.308. The van der Waals surface area contributed by atoms with Crippen molar-refractivity contribution in [3.8, 4) is 0 Å². The number of piperazine rings is 1. The molecule has 1 fully saturated rings. The summed E-state index contributed by atoms with van der Waals surface area (Å²) in [5, 5.41) is 3.53. The van der Waals surface area contributed by atoms with Crippen LogP contribution in [0.1, 0.15) is 20.8 Å². The van der Waals surface area contributed by atoms with Crippen molar-refractivity contribution < 1.29 is 0 Å². The highest BCUT2D eigenvalue weighted by Gasteiger charge is 2.31. The Morgan fingerprint density at radius 1 is 1.43 bits per heavy atom. The van der Waals surface area contributed by atoms with Crippen LogP contribution in [0.4, 0.5) is 0 Å². The molecule has 0 aliphatic carbocycles. The highest BCUT2D eigenvalue weighted by molar-refractivity contribution is 4.91. The van der Waals surface area contributed by atoms with Crippen LogP contribution in [-0.2, 0) is 0 Å². The molecule has 0 aromatic heterocycles. The summed E-state index contributed by atoms with van der Waals surface area (Å²) in [7, 11) is 4.28. The Bertz CT molecular complexity index is 177. The van der Waals surface area contributed by atoms with Gasteiger partial charge in [0.15, 0.2) is 0 Å². The van der Waals surface area contributed by atoms with E-state index >= 15 is 0 Å². The molecule has 14 heavy (non-hydrogen) atoms. The van der Waals surface area contributed by atoms with Gasteiger partial charge in [-0.2, -0.15) is 0 Å². The fraction of sp³-hybridized carbons (Fsp3) is 1.00. The van der Waals surface area contributed by atoms with E-state index in [9.17, 15) is 0 Å². The predicted octanol–water partition coefficient (Wildman–Crippen LogP) is 0.620. The van der Waals surface area contributed by atoms with E-state index in [4.69, 9.17) is 0 Å². The molecule has 0 saturated carbocycles. The average molecular weight is 199 g/mol. The molecule has 1 rings (SSSR count). The lowest BCUT2D eigenvalue weighted by atomic mass is 9.98. The topological polar surface area (TPSA) is 18.5 Å². The van der Waals surface area contributed by atoms with Crippen molar-refractivity contribution >= 4 is 0 Å². The van der Waals surface area contributed by atoms with E-state index in [2.05, 4.69) is 50.0 Å². The van der Waals surface area contributed by atoms with Crippen LogP contribution >= 0.6 is 0 Å². The molecule has 1 atom stereocenters. The molecule has 1 aliphatic rings. The third kappa shape index (κ3) is 3.23. The molecule has 1 aliphatic heterocycles. The number of rotatable bonds is 3. The molecule has 84 valence electrons. The van der Waals surface area contributed by atoms with Gasteiger partial charge in [0.1, 0.15) is 0 Å². The SMILES string of the molecule is CC1CN(CCN(C)C)C(C)(C)CN1. The maximum atomic E-state index is 3.53. The van der Waals surface area contributed by atoms with Crippen LogP contribution in [0.25, 0.3) is 0 Å². The third-order valence-electron chi connectivity index (χ3n) is 3.05. The van der Waals surface area contributed by atoms with E-state index in [0.717, 1.165) is 13.1 Å². The Morgan fingerprint density at radius 3 is 2.64 bits per heavy atom. The van der Waals surface area contributed by atoms with Gasteiger partial charge < -0.3 is 10.2 Å². The van der Waals surface area contributed by atoms with E-state index in [0.29, 0.717) is 11.6 Å². The summed E-state index contributed by atoms with van der Waals surface area (Å²) >= 11 is 0. The summed E-state index contributed by atoms with van der Waals surface area (Å²) in [6.45, 7) is 11.5. The molecule has 0 spiro atoms. The zero-order chi connectivity index (χ0) is 10.8. The quantitative estimate of drug-likeness (QED) is 0.719. The lowest BCUT2D eigenvalue weighted by Crippen LogP contribution is -2.62. The van der Waals surface area contributed by atoms with Gasteiger partial charge in [0, 0.05) is 37.8 Å². The summed E-state index contributed by atoms with van der Waals surface area (Å²) in [4.78, 5) is 4.84. The van der Waals surface area contributed by atoms with Gasteiger partial charge in [-0.15, -0.1) is 0 Å². The zero-order valence-electron chi connectivity index (χ0n) is 10.3. The molecule has 1 unspecified atom stereocenters. The molecule has 1 heterocycles. The van der Waals surface area contributed by atoms with E-state index in [1.165, 1.54) is 13.1 Å². The third-order valence-corrected chi connectivity index (χ3v) is 3.05. The predicted molar refractivity (Wildman–Crippen MR) is 61.7 cm³/mol. The van der Waals surface area contributed by atoms with E-state index < -0.39 is 0 Å². The van der Waals surface area contributed by atoms with Crippen molar-refractivity contribution in [1.29, 1.82) is 0 Å². The highest BCUT2D eigenvalue weighted by Crippen LogP contribution is 2.17. The Morgan fingerprint density at radius 2 is 2.07 bits per heavy atom. The van der Waals surface area contributed by atoms with Crippen molar-refractivity contribution in [2.24, 2.45) is 0 Å². The molecule has 1 saturated heterocycles. The van der Waals surface area contributed by atoms with Crippen LogP contribution < -0.4 is 5.32 Å². The Balaban J connectivity index is 2.46. The van der Waals surface area contributed by atoms with E-state index in [1.54, 1.807) is 0 Å². The molecule has 0 aromatic rings. The lowest BCUT2D eigenvalue weighted by molar-refractivity contribution is 0.0640. The van der Waals surface area contributed by atoms with Crippen LogP contribution in [0, 0.1) is 0 Å². The van der Waals surface area contributed by atoms with Crippen molar-refractivity contribution in [2.75, 3.05) is 40.3 Å². The normalized spacial score (nSPS) is 28.3. The monoisotopic (exact) mass is 199 g/mol. The van der Waals surface area contributed by atoms with Crippen LogP contribution in [-0.4, -0.2) is 61.7 Å². The number of likely N-dealkylation sites (N-methyl/N-ethyl adjacent to an activating group) is 1. The second-order valence-electron chi connectivity index (χ2n) is 5.34. The molecular formula is C11H25N3. The van der Waals surface area contributed by atoms with Crippen LogP contribution in [0.2, 0.25) is 0 Å². The summed E-state index contributed by atoms with van der Waals surface area (Å²) < 4.78 is 0. The Kier molecular flexibility index (Phi) is 3.93. The number of hydrogen-bond donors (Lipinski definition) is 1. The summed E-state index contributed by atoms with van der Waals surface area (Å²) in [6, 6.07) is 0.630. The fourth-order valence-corrected chi connectivity index (χ4v) is 1.89. The van der Waals surface area contributed by atoms with Crippen LogP contribution in [0.5, 0.6) is 0 Å². The van der Waals surface area contributed by atoms with Gasteiger partial charge in [-0.1, -0.05) is 0 Å². The molecule has 0 bridgehead atoms. The molecule has 0 aromatic carbocycles. The minimum atomic E-state index is 0.308. The largest absolute Gasteiger partial charge is 0.311 e.